The molecule has 4 heteroatoms. The third kappa shape index (κ3) is 22.6. The van der Waals surface area contributed by atoms with Gasteiger partial charge in [0.05, 0.1) is 19.8 Å². The maximum absolute atomic E-state index is 6.23. The number of ether oxygens (including phenoxy) is 4. The minimum absolute atomic E-state index is 0.234. The number of rotatable bonds is 27. The SMILES string of the molecule is CCCCCCCCCOC(CCCCC)=C(OCCCCCCCCC)OCOCCC. The van der Waals surface area contributed by atoms with E-state index < -0.39 is 0 Å². The number of allylic oxidation sites excluding steroid dienone is 1. The molecule has 0 spiro atoms. The second-order valence-electron chi connectivity index (χ2n) is 9.28. The van der Waals surface area contributed by atoms with E-state index in [9.17, 15) is 0 Å². The first kappa shape index (κ1) is 32.1. The van der Waals surface area contributed by atoms with E-state index in [1.54, 1.807) is 0 Å². The second kappa shape index (κ2) is 27.3. The van der Waals surface area contributed by atoms with E-state index in [0.29, 0.717) is 19.2 Å². The van der Waals surface area contributed by atoms with Gasteiger partial charge in [-0.1, -0.05) is 118 Å². The quantitative estimate of drug-likeness (QED) is 0.0680. The van der Waals surface area contributed by atoms with Crippen LogP contribution in [0.15, 0.2) is 11.7 Å². The topological polar surface area (TPSA) is 36.9 Å². The van der Waals surface area contributed by atoms with Crippen LogP contribution in [0.25, 0.3) is 0 Å². The first-order valence-electron chi connectivity index (χ1n) is 14.5. The van der Waals surface area contributed by atoms with Crippen LogP contribution < -0.4 is 0 Å². The van der Waals surface area contributed by atoms with Gasteiger partial charge in [0.2, 0.25) is 0 Å². The van der Waals surface area contributed by atoms with Crippen LogP contribution in [0.2, 0.25) is 0 Å². The summed E-state index contributed by atoms with van der Waals surface area (Å²) < 4.78 is 23.8. The molecule has 0 saturated heterocycles. The lowest BCUT2D eigenvalue weighted by atomic mass is 10.1. The minimum atomic E-state index is 0.234. The highest BCUT2D eigenvalue weighted by atomic mass is 16.7. The molecule has 0 unspecified atom stereocenters. The lowest BCUT2D eigenvalue weighted by Gasteiger charge is -2.18. The van der Waals surface area contributed by atoms with Crippen molar-refractivity contribution < 1.29 is 18.9 Å². The van der Waals surface area contributed by atoms with Gasteiger partial charge in [-0.15, -0.1) is 0 Å². The maximum Gasteiger partial charge on any atom is 0.321 e. The maximum atomic E-state index is 6.23. The predicted octanol–water partition coefficient (Wildman–Crippen LogP) is 9.67. The molecule has 0 saturated carbocycles. The summed E-state index contributed by atoms with van der Waals surface area (Å²) in [5.41, 5.74) is 0. The molecule has 0 N–H and O–H groups in total. The molecule has 0 bridgehead atoms. The summed E-state index contributed by atoms with van der Waals surface area (Å²) in [4.78, 5) is 0. The van der Waals surface area contributed by atoms with Crippen molar-refractivity contribution in [3.05, 3.63) is 11.7 Å². The highest BCUT2D eigenvalue weighted by molar-refractivity contribution is 4.95. The molecule has 0 amide bonds. The molecule has 0 aliphatic carbocycles. The van der Waals surface area contributed by atoms with E-state index in [1.165, 1.54) is 89.9 Å². The van der Waals surface area contributed by atoms with Crippen molar-refractivity contribution >= 4 is 0 Å². The molecule has 0 aliphatic rings. The molecule has 0 heterocycles. The highest BCUT2D eigenvalue weighted by Crippen LogP contribution is 2.20. The summed E-state index contributed by atoms with van der Waals surface area (Å²) in [5.74, 6) is 1.45. The standard InChI is InChI=1S/C29H58O4/c1-5-9-12-14-16-18-21-25-31-28(23-20-11-7-3)29(33-27-30-24-8-4)32-26-22-19-17-15-13-10-6-2/h5-27H2,1-4H3. The zero-order valence-corrected chi connectivity index (χ0v) is 22.9. The molecular formula is C29H58O4. The van der Waals surface area contributed by atoms with Gasteiger partial charge in [-0.25, -0.2) is 0 Å². The van der Waals surface area contributed by atoms with Crippen molar-refractivity contribution in [1.82, 2.24) is 0 Å². The first-order chi connectivity index (χ1) is 16.3. The fraction of sp³-hybridized carbons (Fsp3) is 0.931. The summed E-state index contributed by atoms with van der Waals surface area (Å²) in [6.07, 6.45) is 23.3. The molecule has 4 nitrogen and oxygen atoms in total. The minimum Gasteiger partial charge on any atom is -0.491 e. The van der Waals surface area contributed by atoms with Gasteiger partial charge in [0, 0.05) is 6.42 Å². The van der Waals surface area contributed by atoms with Crippen LogP contribution in [0, 0.1) is 0 Å². The van der Waals surface area contributed by atoms with Crippen LogP contribution in [-0.2, 0) is 18.9 Å². The van der Waals surface area contributed by atoms with Gasteiger partial charge in [0.15, 0.2) is 12.6 Å². The Morgan fingerprint density at radius 3 is 1.45 bits per heavy atom. The molecule has 0 rings (SSSR count). The van der Waals surface area contributed by atoms with Crippen molar-refractivity contribution in [2.45, 2.75) is 150 Å². The highest BCUT2D eigenvalue weighted by Gasteiger charge is 2.13. The molecule has 33 heavy (non-hydrogen) atoms. The van der Waals surface area contributed by atoms with Gasteiger partial charge in [0.25, 0.3) is 0 Å². The molecule has 198 valence electrons. The Morgan fingerprint density at radius 1 is 0.424 bits per heavy atom. The Kier molecular flexibility index (Phi) is 26.6. The molecular weight excluding hydrogens is 412 g/mol. The van der Waals surface area contributed by atoms with E-state index in [2.05, 4.69) is 27.7 Å². The third-order valence-corrected chi connectivity index (χ3v) is 5.86. The Hall–Kier alpha value is -0.900. The van der Waals surface area contributed by atoms with E-state index in [1.807, 2.05) is 0 Å². The molecule has 0 radical (unpaired) electrons. The van der Waals surface area contributed by atoms with Crippen molar-refractivity contribution in [3.63, 3.8) is 0 Å². The van der Waals surface area contributed by atoms with Gasteiger partial charge in [-0.05, 0) is 25.7 Å². The van der Waals surface area contributed by atoms with Crippen molar-refractivity contribution in [2.75, 3.05) is 26.6 Å². The zero-order chi connectivity index (χ0) is 24.2. The fourth-order valence-electron chi connectivity index (χ4n) is 3.75. The summed E-state index contributed by atoms with van der Waals surface area (Å²) in [6.45, 7) is 11.2. The van der Waals surface area contributed by atoms with Gasteiger partial charge in [-0.3, -0.25) is 0 Å². The van der Waals surface area contributed by atoms with Crippen molar-refractivity contribution in [2.24, 2.45) is 0 Å². The number of hydrogen-bond acceptors (Lipinski definition) is 4. The smallest absolute Gasteiger partial charge is 0.321 e. The zero-order valence-electron chi connectivity index (χ0n) is 22.9. The normalized spacial score (nSPS) is 12.0. The fourth-order valence-corrected chi connectivity index (χ4v) is 3.75. The van der Waals surface area contributed by atoms with E-state index in [0.717, 1.165) is 44.5 Å². The molecule has 0 aromatic heterocycles. The Labute approximate surface area is 207 Å². The van der Waals surface area contributed by atoms with Crippen LogP contribution in [0.5, 0.6) is 0 Å². The Morgan fingerprint density at radius 2 is 0.909 bits per heavy atom. The average Bonchev–Trinajstić information content (AvgIpc) is 2.83. The lowest BCUT2D eigenvalue weighted by Crippen LogP contribution is -2.10. The molecule has 0 atom stereocenters. The Bertz CT molecular complexity index is 408. The largest absolute Gasteiger partial charge is 0.491 e. The van der Waals surface area contributed by atoms with Gasteiger partial charge in [0.1, 0.15) is 0 Å². The van der Waals surface area contributed by atoms with Crippen LogP contribution in [0.3, 0.4) is 0 Å². The van der Waals surface area contributed by atoms with Gasteiger partial charge < -0.3 is 18.9 Å². The van der Waals surface area contributed by atoms with Crippen LogP contribution >= 0.6 is 0 Å². The van der Waals surface area contributed by atoms with Crippen LogP contribution in [0.1, 0.15) is 150 Å². The van der Waals surface area contributed by atoms with E-state index >= 15 is 0 Å². The molecule has 0 aromatic rings. The lowest BCUT2D eigenvalue weighted by molar-refractivity contribution is -0.0838. The second-order valence-corrected chi connectivity index (χ2v) is 9.28. The molecule has 0 aromatic carbocycles. The van der Waals surface area contributed by atoms with Crippen LogP contribution in [-0.4, -0.2) is 26.6 Å². The number of unbranched alkanes of at least 4 members (excludes halogenated alkanes) is 14. The van der Waals surface area contributed by atoms with Crippen LogP contribution in [0.4, 0.5) is 0 Å². The summed E-state index contributed by atoms with van der Waals surface area (Å²) in [5, 5.41) is 0. The third-order valence-electron chi connectivity index (χ3n) is 5.86. The molecule has 0 fully saturated rings. The van der Waals surface area contributed by atoms with Gasteiger partial charge >= 0.3 is 5.95 Å². The van der Waals surface area contributed by atoms with E-state index in [-0.39, 0.29) is 6.79 Å². The van der Waals surface area contributed by atoms with Gasteiger partial charge in [-0.2, -0.15) is 0 Å². The van der Waals surface area contributed by atoms with E-state index in [4.69, 9.17) is 18.9 Å². The summed E-state index contributed by atoms with van der Waals surface area (Å²) >= 11 is 0. The summed E-state index contributed by atoms with van der Waals surface area (Å²) in [7, 11) is 0. The molecule has 0 aliphatic heterocycles. The first-order valence-corrected chi connectivity index (χ1v) is 14.5. The van der Waals surface area contributed by atoms with Crippen molar-refractivity contribution in [3.8, 4) is 0 Å². The van der Waals surface area contributed by atoms with Crippen molar-refractivity contribution in [1.29, 1.82) is 0 Å². The number of hydrogen-bond donors (Lipinski definition) is 0. The predicted molar refractivity (Wildman–Crippen MR) is 141 cm³/mol. The Balaban J connectivity index is 4.61. The monoisotopic (exact) mass is 470 g/mol. The summed E-state index contributed by atoms with van der Waals surface area (Å²) in [6, 6.07) is 0. The average molecular weight is 471 g/mol.